The first-order chi connectivity index (χ1) is 13.6. The fourth-order valence-corrected chi connectivity index (χ4v) is 3.90. The molecule has 6 nitrogen and oxygen atoms in total. The largest absolute Gasteiger partial charge is 0.497 e. The zero-order chi connectivity index (χ0) is 19.7. The smallest absolute Gasteiger partial charge is 0.280 e. The number of halogens is 1. The van der Waals surface area contributed by atoms with Crippen LogP contribution in [0.2, 0.25) is 0 Å². The summed E-state index contributed by atoms with van der Waals surface area (Å²) in [5.74, 6) is 0.463. The highest BCUT2D eigenvalue weighted by Gasteiger charge is 2.18. The molecule has 0 aliphatic carbocycles. The van der Waals surface area contributed by atoms with Gasteiger partial charge in [0.1, 0.15) is 5.75 Å². The minimum absolute atomic E-state index is 0.344. The van der Waals surface area contributed by atoms with E-state index in [9.17, 15) is 9.59 Å². The van der Waals surface area contributed by atoms with Crippen molar-refractivity contribution in [3.05, 3.63) is 80.4 Å². The molecule has 0 unspecified atom stereocenters. The van der Waals surface area contributed by atoms with Gasteiger partial charge in [-0.1, -0.05) is 18.2 Å². The summed E-state index contributed by atoms with van der Waals surface area (Å²) >= 11 is 4.81. The molecule has 28 heavy (non-hydrogen) atoms. The first kappa shape index (κ1) is 18.4. The highest BCUT2D eigenvalue weighted by Crippen LogP contribution is 2.25. The van der Waals surface area contributed by atoms with Gasteiger partial charge >= 0.3 is 0 Å². The molecule has 4 aromatic rings. The van der Waals surface area contributed by atoms with Crippen LogP contribution in [0.3, 0.4) is 0 Å². The molecule has 4 rings (SSSR count). The van der Waals surface area contributed by atoms with Gasteiger partial charge in [-0.05, 0) is 57.7 Å². The van der Waals surface area contributed by atoms with E-state index in [0.29, 0.717) is 32.5 Å². The molecule has 0 saturated carbocycles. The van der Waals surface area contributed by atoms with Crippen LogP contribution in [-0.2, 0) is 0 Å². The van der Waals surface area contributed by atoms with Gasteiger partial charge in [0.2, 0.25) is 0 Å². The van der Waals surface area contributed by atoms with Gasteiger partial charge in [-0.2, -0.15) is 4.68 Å². The van der Waals surface area contributed by atoms with Crippen molar-refractivity contribution in [1.29, 1.82) is 0 Å². The lowest BCUT2D eigenvalue weighted by atomic mass is 10.2. The fraction of sp³-hybridized carbons (Fsp3) is 0.0500. The van der Waals surface area contributed by atoms with Crippen LogP contribution in [0, 0.1) is 0 Å². The number of rotatable bonds is 4. The topological polar surface area (TPSA) is 73.2 Å². The van der Waals surface area contributed by atoms with E-state index < -0.39 is 5.91 Å². The standard InChI is InChI=1S/C20H14BrN3O3S/c1-27-12-8-9-15(21)14(11-12)19(25)23-24-18(17-7-4-10-28-17)22-16-6-3-2-5-13(16)20(24)26/h2-11H,1H3,(H,23,25). The van der Waals surface area contributed by atoms with E-state index in [4.69, 9.17) is 4.74 Å². The molecule has 2 heterocycles. The van der Waals surface area contributed by atoms with Crippen LogP contribution in [0.1, 0.15) is 10.4 Å². The number of amides is 1. The molecule has 0 radical (unpaired) electrons. The number of carbonyl (C=O) groups excluding carboxylic acids is 1. The Labute approximate surface area is 172 Å². The average molecular weight is 456 g/mol. The Bertz CT molecular complexity index is 1240. The Kier molecular flexibility index (Phi) is 4.97. The number of hydrogen-bond acceptors (Lipinski definition) is 5. The van der Waals surface area contributed by atoms with Crippen molar-refractivity contribution in [2.75, 3.05) is 12.5 Å². The number of benzene rings is 2. The molecular formula is C20H14BrN3O3S. The van der Waals surface area contributed by atoms with Crippen LogP contribution in [0.15, 0.2) is 69.2 Å². The molecule has 2 aromatic heterocycles. The van der Waals surface area contributed by atoms with Gasteiger partial charge in [0.05, 0.1) is 28.5 Å². The van der Waals surface area contributed by atoms with Crippen molar-refractivity contribution in [2.24, 2.45) is 0 Å². The molecule has 0 aliphatic rings. The average Bonchev–Trinajstić information content (AvgIpc) is 3.25. The summed E-state index contributed by atoms with van der Waals surface area (Å²) in [6, 6.07) is 15.8. The van der Waals surface area contributed by atoms with E-state index in [1.54, 1.807) is 36.4 Å². The molecule has 1 amide bonds. The van der Waals surface area contributed by atoms with Crippen molar-refractivity contribution in [2.45, 2.75) is 0 Å². The van der Waals surface area contributed by atoms with Crippen LogP contribution < -0.4 is 15.7 Å². The summed E-state index contributed by atoms with van der Waals surface area (Å²) in [5.41, 5.74) is 3.26. The maximum Gasteiger partial charge on any atom is 0.280 e. The summed E-state index contributed by atoms with van der Waals surface area (Å²) < 4.78 is 6.98. The Balaban J connectivity index is 1.86. The third-order valence-electron chi connectivity index (χ3n) is 4.15. The summed E-state index contributed by atoms with van der Waals surface area (Å²) in [4.78, 5) is 31.4. The molecule has 0 bridgehead atoms. The fourth-order valence-electron chi connectivity index (χ4n) is 2.77. The molecular weight excluding hydrogens is 442 g/mol. The predicted molar refractivity (Wildman–Crippen MR) is 114 cm³/mol. The monoisotopic (exact) mass is 455 g/mol. The number of aromatic nitrogens is 2. The Morgan fingerprint density at radius 2 is 2.00 bits per heavy atom. The second-order valence-corrected chi connectivity index (χ2v) is 7.66. The van der Waals surface area contributed by atoms with Crippen LogP contribution >= 0.6 is 27.3 Å². The zero-order valence-corrected chi connectivity index (χ0v) is 17.1. The number of methoxy groups -OCH3 is 1. The lowest BCUT2D eigenvalue weighted by Crippen LogP contribution is -2.35. The third-order valence-corrected chi connectivity index (χ3v) is 5.71. The Hall–Kier alpha value is -2.97. The number of nitrogens with one attached hydrogen (secondary N) is 1. The van der Waals surface area contributed by atoms with Crippen molar-refractivity contribution in [3.8, 4) is 16.5 Å². The molecule has 0 fully saturated rings. The lowest BCUT2D eigenvalue weighted by Gasteiger charge is -2.14. The van der Waals surface area contributed by atoms with Gasteiger partial charge in [-0.25, -0.2) is 4.98 Å². The third kappa shape index (κ3) is 3.32. The number of carbonyl (C=O) groups is 1. The minimum Gasteiger partial charge on any atom is -0.497 e. The van der Waals surface area contributed by atoms with E-state index in [1.807, 2.05) is 23.6 Å². The number of ether oxygens (including phenoxy) is 1. The summed E-state index contributed by atoms with van der Waals surface area (Å²) in [6.07, 6.45) is 0. The van der Waals surface area contributed by atoms with Crippen LogP contribution in [0.5, 0.6) is 5.75 Å². The molecule has 0 spiro atoms. The summed E-state index contributed by atoms with van der Waals surface area (Å²) in [6.45, 7) is 0. The van der Waals surface area contributed by atoms with E-state index in [2.05, 4.69) is 26.3 Å². The SMILES string of the molecule is COc1ccc(Br)c(C(=O)Nn2c(-c3cccs3)nc3ccccc3c2=O)c1. The second kappa shape index (κ2) is 7.57. The molecule has 2 aromatic carbocycles. The molecule has 1 N–H and O–H groups in total. The van der Waals surface area contributed by atoms with Gasteiger partial charge in [0, 0.05) is 4.47 Å². The van der Waals surface area contributed by atoms with Crippen molar-refractivity contribution < 1.29 is 9.53 Å². The Morgan fingerprint density at radius 3 is 2.75 bits per heavy atom. The number of hydrogen-bond donors (Lipinski definition) is 1. The van der Waals surface area contributed by atoms with Crippen molar-refractivity contribution in [3.63, 3.8) is 0 Å². The quantitative estimate of drug-likeness (QED) is 0.498. The number of thiophene rings is 1. The van der Waals surface area contributed by atoms with Crippen LogP contribution in [-0.4, -0.2) is 22.7 Å². The maximum absolute atomic E-state index is 13.1. The molecule has 0 aliphatic heterocycles. The second-order valence-electron chi connectivity index (χ2n) is 5.86. The predicted octanol–water partition coefficient (Wildman–Crippen LogP) is 4.28. The molecule has 140 valence electrons. The van der Waals surface area contributed by atoms with Gasteiger partial charge in [0.25, 0.3) is 11.5 Å². The summed E-state index contributed by atoms with van der Waals surface area (Å²) in [5, 5.41) is 2.31. The highest BCUT2D eigenvalue weighted by atomic mass is 79.9. The van der Waals surface area contributed by atoms with E-state index in [1.165, 1.54) is 23.1 Å². The normalized spacial score (nSPS) is 10.8. The maximum atomic E-state index is 13.1. The number of fused-ring (bicyclic) bond motifs is 1. The highest BCUT2D eigenvalue weighted by molar-refractivity contribution is 9.10. The zero-order valence-electron chi connectivity index (χ0n) is 14.7. The van der Waals surface area contributed by atoms with Gasteiger partial charge in [-0.15, -0.1) is 11.3 Å². The van der Waals surface area contributed by atoms with Crippen molar-refractivity contribution >= 4 is 44.1 Å². The van der Waals surface area contributed by atoms with Crippen LogP contribution in [0.25, 0.3) is 21.6 Å². The molecule has 0 saturated heterocycles. The molecule has 0 atom stereocenters. The number of nitrogens with zero attached hydrogens (tertiary/aromatic N) is 2. The lowest BCUT2D eigenvalue weighted by molar-refractivity contribution is 0.101. The Morgan fingerprint density at radius 1 is 1.18 bits per heavy atom. The summed E-state index contributed by atoms with van der Waals surface area (Å²) in [7, 11) is 1.53. The first-order valence-electron chi connectivity index (χ1n) is 8.29. The first-order valence-corrected chi connectivity index (χ1v) is 9.96. The van der Waals surface area contributed by atoms with Crippen molar-refractivity contribution in [1.82, 2.24) is 9.66 Å². The van der Waals surface area contributed by atoms with E-state index >= 15 is 0 Å². The van der Waals surface area contributed by atoms with Gasteiger partial charge in [0.15, 0.2) is 5.82 Å². The van der Waals surface area contributed by atoms with E-state index in [-0.39, 0.29) is 5.56 Å². The van der Waals surface area contributed by atoms with E-state index in [0.717, 1.165) is 4.88 Å². The molecule has 8 heteroatoms. The van der Waals surface area contributed by atoms with Gasteiger partial charge < -0.3 is 4.74 Å². The van der Waals surface area contributed by atoms with Crippen LogP contribution in [0.4, 0.5) is 0 Å². The van der Waals surface area contributed by atoms with Gasteiger partial charge in [-0.3, -0.25) is 15.0 Å². The minimum atomic E-state index is -0.456. The number of para-hydroxylation sites is 1.